The van der Waals surface area contributed by atoms with Gasteiger partial charge in [0, 0.05) is 0 Å². The second-order valence-electron chi connectivity index (χ2n) is 19.7. The maximum atomic E-state index is 13.2. The smallest absolute Gasteiger partial charge is 0.249 e. The summed E-state index contributed by atoms with van der Waals surface area (Å²) < 4.78 is 11.1. The van der Waals surface area contributed by atoms with Crippen molar-refractivity contribution in [3.05, 3.63) is 12.2 Å². The molecule has 9 unspecified atom stereocenters. The van der Waals surface area contributed by atoms with Crippen molar-refractivity contribution in [3.63, 3.8) is 0 Å². The minimum Gasteiger partial charge on any atom is -0.394 e. The van der Waals surface area contributed by atoms with E-state index in [-0.39, 0.29) is 6.42 Å². The van der Waals surface area contributed by atoms with Crippen molar-refractivity contribution in [2.75, 3.05) is 13.2 Å². The molecule has 1 heterocycles. The zero-order valence-corrected chi connectivity index (χ0v) is 42.0. The van der Waals surface area contributed by atoms with E-state index in [0.717, 1.165) is 51.4 Å². The van der Waals surface area contributed by atoms with Gasteiger partial charge in [-0.2, -0.15) is 0 Å². The fraction of sp³-hybridized carbons (Fsp3) is 0.944. The number of aliphatic hydroxyl groups is 7. The molecule has 1 saturated heterocycles. The molecule has 0 aliphatic carbocycles. The maximum absolute atomic E-state index is 13.2. The van der Waals surface area contributed by atoms with Crippen molar-refractivity contribution < 1.29 is 50.0 Å². The topological polar surface area (TPSA) is 189 Å². The number of amides is 1. The molecule has 8 N–H and O–H groups in total. The summed E-state index contributed by atoms with van der Waals surface area (Å²) in [7, 11) is 0. The van der Waals surface area contributed by atoms with Crippen LogP contribution in [0, 0.1) is 0 Å². The summed E-state index contributed by atoms with van der Waals surface area (Å²) in [6.07, 6.45) is 38.2. The van der Waals surface area contributed by atoms with E-state index in [0.29, 0.717) is 19.3 Å². The van der Waals surface area contributed by atoms with Crippen LogP contribution in [-0.2, 0) is 14.3 Å². The van der Waals surface area contributed by atoms with E-state index in [9.17, 15) is 40.5 Å². The highest BCUT2D eigenvalue weighted by Crippen LogP contribution is 2.23. The minimum absolute atomic E-state index is 0.256. The first-order chi connectivity index (χ1) is 31.7. The molecule has 9 atom stereocenters. The molecule has 0 aromatic heterocycles. The zero-order chi connectivity index (χ0) is 47.6. The Balaban J connectivity index is 2.35. The molecule has 11 heteroatoms. The Hall–Kier alpha value is -1.15. The summed E-state index contributed by atoms with van der Waals surface area (Å²) in [4.78, 5) is 13.2. The van der Waals surface area contributed by atoms with E-state index < -0.39 is 74.2 Å². The van der Waals surface area contributed by atoms with Crippen LogP contribution in [0.25, 0.3) is 0 Å². The molecule has 0 aromatic rings. The van der Waals surface area contributed by atoms with Crippen LogP contribution >= 0.6 is 0 Å². The fourth-order valence-electron chi connectivity index (χ4n) is 9.03. The van der Waals surface area contributed by atoms with Crippen molar-refractivity contribution >= 4 is 5.91 Å². The van der Waals surface area contributed by atoms with E-state index in [4.69, 9.17) is 9.47 Å². The molecule has 386 valence electrons. The number of unbranched alkanes of at least 4 members (excludes halogenated alkanes) is 33. The highest BCUT2D eigenvalue weighted by Gasteiger charge is 2.44. The van der Waals surface area contributed by atoms with E-state index >= 15 is 0 Å². The summed E-state index contributed by atoms with van der Waals surface area (Å²) in [6, 6.07) is -1.17. The van der Waals surface area contributed by atoms with Gasteiger partial charge in [-0.15, -0.1) is 0 Å². The number of rotatable bonds is 47. The molecule has 0 spiro atoms. The second kappa shape index (κ2) is 44.1. The Labute approximate surface area is 398 Å². The molecule has 11 nitrogen and oxygen atoms in total. The number of hydrogen-bond donors (Lipinski definition) is 8. The molecule has 1 aliphatic heterocycles. The lowest BCUT2D eigenvalue weighted by Crippen LogP contribution is -2.60. The monoisotopic (exact) mass is 928 g/mol. The molecule has 1 amide bonds. The second-order valence-corrected chi connectivity index (χ2v) is 19.7. The highest BCUT2D eigenvalue weighted by molar-refractivity contribution is 5.80. The Bertz CT molecular complexity index is 1060. The summed E-state index contributed by atoms with van der Waals surface area (Å²) in [5.74, 6) is -0.698. The third kappa shape index (κ3) is 33.1. The molecular formula is C54H105NO10. The lowest BCUT2D eigenvalue weighted by atomic mass is 9.98. The van der Waals surface area contributed by atoms with Crippen LogP contribution in [-0.4, -0.2) is 110 Å². The van der Waals surface area contributed by atoms with Gasteiger partial charge in [-0.1, -0.05) is 231 Å². The number of nitrogens with one attached hydrogen (secondary N) is 1. The van der Waals surface area contributed by atoms with Gasteiger partial charge in [-0.25, -0.2) is 0 Å². The molecule has 0 aromatic carbocycles. The molecule has 65 heavy (non-hydrogen) atoms. The van der Waals surface area contributed by atoms with Crippen LogP contribution < -0.4 is 5.32 Å². The Morgan fingerprint density at radius 2 is 0.892 bits per heavy atom. The number of ether oxygens (including phenoxy) is 2. The number of aliphatic hydroxyl groups excluding tert-OH is 7. The van der Waals surface area contributed by atoms with Crippen molar-refractivity contribution in [2.24, 2.45) is 0 Å². The largest absolute Gasteiger partial charge is 0.394 e. The maximum Gasteiger partial charge on any atom is 0.249 e. The van der Waals surface area contributed by atoms with Crippen LogP contribution in [0.2, 0.25) is 0 Å². The van der Waals surface area contributed by atoms with Crippen molar-refractivity contribution in [3.8, 4) is 0 Å². The average Bonchev–Trinajstić information content (AvgIpc) is 3.31. The van der Waals surface area contributed by atoms with Crippen molar-refractivity contribution in [1.29, 1.82) is 0 Å². The number of hydrogen-bond acceptors (Lipinski definition) is 10. The van der Waals surface area contributed by atoms with Crippen LogP contribution in [0.5, 0.6) is 0 Å². The molecule has 0 radical (unpaired) electrons. The number of carbonyl (C=O) groups excluding carboxylic acids is 1. The van der Waals surface area contributed by atoms with Crippen LogP contribution in [0.15, 0.2) is 12.2 Å². The SMILES string of the molecule is CCCCCCCCCCCCC/C=C\CCCCCCCCC(O)C(=O)NC(COC1OC(CO)C(O)C(O)C1O)C(O)C(O)CCCCCCCCCCCCCCCCCCC. The summed E-state index contributed by atoms with van der Waals surface area (Å²) >= 11 is 0. The quantitative estimate of drug-likeness (QED) is 0.0215. The van der Waals surface area contributed by atoms with Gasteiger partial charge in [0.25, 0.3) is 0 Å². The van der Waals surface area contributed by atoms with Gasteiger partial charge in [-0.3, -0.25) is 4.79 Å². The predicted molar refractivity (Wildman–Crippen MR) is 266 cm³/mol. The number of carbonyl (C=O) groups is 1. The molecule has 1 rings (SSSR count). The standard InChI is InChI=1S/C54H105NO10/c1-3-5-7-9-11-13-15-17-19-21-22-23-24-26-28-30-32-34-36-38-40-42-47(58)53(63)55-45(44-64-54-52(62)51(61)50(60)48(43-56)65-54)49(59)46(57)41-39-37-35-33-31-29-27-25-20-18-16-14-12-10-8-6-4-2/h24,26,45-52,54,56-62H,3-23,25,27-44H2,1-2H3,(H,55,63)/b26-24-. The van der Waals surface area contributed by atoms with Gasteiger partial charge in [-0.05, 0) is 38.5 Å². The summed E-state index contributed by atoms with van der Waals surface area (Å²) in [5, 5.41) is 76.0. The minimum atomic E-state index is -1.66. The van der Waals surface area contributed by atoms with Gasteiger partial charge in [0.15, 0.2) is 6.29 Å². The van der Waals surface area contributed by atoms with Gasteiger partial charge < -0.3 is 50.5 Å². The van der Waals surface area contributed by atoms with Crippen LogP contribution in [0.4, 0.5) is 0 Å². The van der Waals surface area contributed by atoms with E-state index in [1.807, 2.05) is 0 Å². The highest BCUT2D eigenvalue weighted by atomic mass is 16.7. The Kier molecular flexibility index (Phi) is 42.0. The van der Waals surface area contributed by atoms with Gasteiger partial charge in [0.05, 0.1) is 25.4 Å². The van der Waals surface area contributed by atoms with Crippen LogP contribution in [0.1, 0.15) is 258 Å². The first kappa shape index (κ1) is 61.9. The predicted octanol–water partition coefficient (Wildman–Crippen LogP) is 10.8. The molecule has 1 fully saturated rings. The molecular weight excluding hydrogens is 823 g/mol. The van der Waals surface area contributed by atoms with E-state index in [2.05, 4.69) is 31.3 Å². The Morgan fingerprint density at radius 1 is 0.523 bits per heavy atom. The summed E-state index contributed by atoms with van der Waals surface area (Å²) in [6.45, 7) is 3.48. The lowest BCUT2D eigenvalue weighted by molar-refractivity contribution is -0.303. The molecule has 0 saturated carbocycles. The first-order valence-corrected chi connectivity index (χ1v) is 27.6. The fourth-order valence-corrected chi connectivity index (χ4v) is 9.03. The van der Waals surface area contributed by atoms with Gasteiger partial charge in [0.2, 0.25) is 5.91 Å². The lowest BCUT2D eigenvalue weighted by Gasteiger charge is -2.40. The van der Waals surface area contributed by atoms with Gasteiger partial charge in [0.1, 0.15) is 36.6 Å². The molecule has 0 bridgehead atoms. The third-order valence-electron chi connectivity index (χ3n) is 13.6. The van der Waals surface area contributed by atoms with E-state index in [1.54, 1.807) is 0 Å². The molecule has 1 aliphatic rings. The van der Waals surface area contributed by atoms with Crippen molar-refractivity contribution in [1.82, 2.24) is 5.32 Å². The summed E-state index contributed by atoms with van der Waals surface area (Å²) in [5.41, 5.74) is 0. The first-order valence-electron chi connectivity index (χ1n) is 27.6. The average molecular weight is 928 g/mol. The third-order valence-corrected chi connectivity index (χ3v) is 13.6. The number of allylic oxidation sites excluding steroid dienone is 2. The zero-order valence-electron chi connectivity index (χ0n) is 42.0. The van der Waals surface area contributed by atoms with Crippen LogP contribution in [0.3, 0.4) is 0 Å². The van der Waals surface area contributed by atoms with Crippen molar-refractivity contribution in [2.45, 2.75) is 313 Å². The van der Waals surface area contributed by atoms with Gasteiger partial charge >= 0.3 is 0 Å². The van der Waals surface area contributed by atoms with E-state index in [1.165, 1.54) is 167 Å². The normalized spacial score (nSPS) is 20.9. The Morgan fingerprint density at radius 3 is 1.29 bits per heavy atom.